The number of nitrogens with one attached hydrogen (secondary N) is 1. The summed E-state index contributed by atoms with van der Waals surface area (Å²) < 4.78 is 27.3. The van der Waals surface area contributed by atoms with E-state index in [4.69, 9.17) is 5.11 Å². The van der Waals surface area contributed by atoms with E-state index in [1.165, 1.54) is 16.7 Å². The number of thiophene rings is 1. The second kappa shape index (κ2) is 6.22. The highest BCUT2D eigenvalue weighted by molar-refractivity contribution is 7.91. The van der Waals surface area contributed by atoms with Crippen molar-refractivity contribution in [1.82, 2.24) is 9.71 Å². The van der Waals surface area contributed by atoms with Gasteiger partial charge >= 0.3 is 5.97 Å². The van der Waals surface area contributed by atoms with Crippen LogP contribution >= 0.6 is 22.7 Å². The molecule has 0 aliphatic rings. The first-order valence-electron chi connectivity index (χ1n) is 6.13. The molecule has 2 aromatic rings. The summed E-state index contributed by atoms with van der Waals surface area (Å²) in [6, 6.07) is 2.78. The van der Waals surface area contributed by atoms with Crippen molar-refractivity contribution in [2.24, 2.45) is 0 Å². The summed E-state index contributed by atoms with van der Waals surface area (Å²) in [4.78, 5) is 15.7. The average molecular weight is 346 g/mol. The van der Waals surface area contributed by atoms with Crippen molar-refractivity contribution in [3.05, 3.63) is 33.1 Å². The van der Waals surface area contributed by atoms with E-state index >= 15 is 0 Å². The molecule has 2 N–H and O–H groups in total. The van der Waals surface area contributed by atoms with Crippen molar-refractivity contribution in [3.8, 4) is 0 Å². The number of sulfonamides is 1. The Morgan fingerprint density at radius 1 is 1.48 bits per heavy atom. The van der Waals surface area contributed by atoms with Crippen molar-refractivity contribution in [3.63, 3.8) is 0 Å². The summed E-state index contributed by atoms with van der Waals surface area (Å²) in [5.41, 5.74) is -0.0783. The SMILES string of the molecule is CCc1ccc(S(=O)(=O)NC(C)c2nc(C(=O)O)cs2)s1. The van der Waals surface area contributed by atoms with E-state index in [0.717, 1.165) is 22.6 Å². The maximum absolute atomic E-state index is 12.2. The Kier molecular flexibility index (Phi) is 4.77. The summed E-state index contributed by atoms with van der Waals surface area (Å²) >= 11 is 2.34. The predicted octanol–water partition coefficient (Wildman–Crippen LogP) is 2.50. The lowest BCUT2D eigenvalue weighted by molar-refractivity contribution is 0.0691. The molecule has 21 heavy (non-hydrogen) atoms. The van der Waals surface area contributed by atoms with Crippen LogP contribution in [0.25, 0.3) is 0 Å². The Balaban J connectivity index is 2.17. The average Bonchev–Trinajstić information content (AvgIpc) is 3.07. The number of rotatable bonds is 6. The highest BCUT2D eigenvalue weighted by Gasteiger charge is 2.22. The summed E-state index contributed by atoms with van der Waals surface area (Å²) in [6.07, 6.45) is 0.782. The van der Waals surface area contributed by atoms with Crippen LogP contribution < -0.4 is 4.72 Å². The molecule has 2 rings (SSSR count). The van der Waals surface area contributed by atoms with Gasteiger partial charge in [-0.3, -0.25) is 0 Å². The minimum absolute atomic E-state index is 0.0783. The van der Waals surface area contributed by atoms with Crippen LogP contribution in [0.3, 0.4) is 0 Å². The summed E-state index contributed by atoms with van der Waals surface area (Å²) in [5.74, 6) is -1.13. The van der Waals surface area contributed by atoms with Gasteiger partial charge in [0.15, 0.2) is 5.69 Å². The number of carbonyl (C=O) groups is 1. The van der Waals surface area contributed by atoms with Crippen molar-refractivity contribution in [1.29, 1.82) is 0 Å². The highest BCUT2D eigenvalue weighted by Crippen LogP contribution is 2.25. The number of aromatic carboxylic acids is 1. The highest BCUT2D eigenvalue weighted by atomic mass is 32.2. The molecule has 114 valence electrons. The zero-order chi connectivity index (χ0) is 15.6. The molecule has 1 atom stereocenters. The van der Waals surface area contributed by atoms with Gasteiger partial charge in [-0.05, 0) is 25.5 Å². The monoisotopic (exact) mass is 346 g/mol. The van der Waals surface area contributed by atoms with Gasteiger partial charge in [0.1, 0.15) is 9.22 Å². The van der Waals surface area contributed by atoms with Crippen LogP contribution in [0.4, 0.5) is 0 Å². The van der Waals surface area contributed by atoms with Gasteiger partial charge in [0.2, 0.25) is 0 Å². The van der Waals surface area contributed by atoms with Crippen LogP contribution in [0, 0.1) is 0 Å². The molecule has 9 heteroatoms. The minimum atomic E-state index is -3.62. The second-order valence-electron chi connectivity index (χ2n) is 4.29. The maximum Gasteiger partial charge on any atom is 0.355 e. The maximum atomic E-state index is 12.2. The third-order valence-corrected chi connectivity index (χ3v) is 6.98. The largest absolute Gasteiger partial charge is 0.476 e. The third-order valence-electron chi connectivity index (χ3n) is 2.69. The van der Waals surface area contributed by atoms with E-state index in [-0.39, 0.29) is 9.90 Å². The van der Waals surface area contributed by atoms with Crippen molar-refractivity contribution in [2.75, 3.05) is 0 Å². The normalized spacial score (nSPS) is 13.2. The number of hydrogen-bond acceptors (Lipinski definition) is 6. The fourth-order valence-corrected chi connectivity index (χ4v) is 5.01. The quantitative estimate of drug-likeness (QED) is 0.838. The van der Waals surface area contributed by atoms with Crippen molar-refractivity contribution in [2.45, 2.75) is 30.5 Å². The predicted molar refractivity (Wildman–Crippen MR) is 81.5 cm³/mol. The van der Waals surface area contributed by atoms with Gasteiger partial charge < -0.3 is 5.11 Å². The van der Waals surface area contributed by atoms with Crippen LogP contribution in [0.5, 0.6) is 0 Å². The number of aromatic nitrogens is 1. The first kappa shape index (κ1) is 16.1. The molecule has 6 nitrogen and oxygen atoms in total. The number of hydrogen-bond donors (Lipinski definition) is 2. The van der Waals surface area contributed by atoms with Gasteiger partial charge in [0, 0.05) is 10.3 Å². The van der Waals surface area contributed by atoms with Crippen LogP contribution in [0.15, 0.2) is 21.7 Å². The minimum Gasteiger partial charge on any atom is -0.476 e. The molecule has 2 aromatic heterocycles. The molecule has 0 amide bonds. The van der Waals surface area contributed by atoms with Crippen LogP contribution in [-0.2, 0) is 16.4 Å². The zero-order valence-corrected chi connectivity index (χ0v) is 13.8. The summed E-state index contributed by atoms with van der Waals surface area (Å²) in [7, 11) is -3.62. The third kappa shape index (κ3) is 3.67. The van der Waals surface area contributed by atoms with Gasteiger partial charge in [-0.1, -0.05) is 6.92 Å². The molecule has 1 unspecified atom stereocenters. The molecule has 0 bridgehead atoms. The van der Waals surface area contributed by atoms with E-state index < -0.39 is 22.0 Å². The van der Waals surface area contributed by atoms with E-state index in [0.29, 0.717) is 5.01 Å². The Bertz CT molecular complexity index is 748. The van der Waals surface area contributed by atoms with Crippen LogP contribution in [0.2, 0.25) is 0 Å². The molecule has 2 heterocycles. The van der Waals surface area contributed by atoms with Crippen LogP contribution in [-0.4, -0.2) is 24.5 Å². The summed E-state index contributed by atoms with van der Waals surface area (Å²) in [5, 5.41) is 10.6. The molecule has 0 saturated heterocycles. The Labute approximate surface area is 130 Å². The fourth-order valence-electron chi connectivity index (χ4n) is 1.62. The summed E-state index contributed by atoms with van der Waals surface area (Å²) in [6.45, 7) is 3.59. The fraction of sp³-hybridized carbons (Fsp3) is 0.333. The van der Waals surface area contributed by atoms with E-state index in [1.807, 2.05) is 6.92 Å². The number of carboxylic acids is 1. The van der Waals surface area contributed by atoms with E-state index in [2.05, 4.69) is 9.71 Å². The zero-order valence-electron chi connectivity index (χ0n) is 11.4. The Morgan fingerprint density at radius 2 is 2.19 bits per heavy atom. The number of carboxylic acid groups (broad SMARTS) is 1. The van der Waals surface area contributed by atoms with E-state index in [1.54, 1.807) is 19.1 Å². The van der Waals surface area contributed by atoms with Gasteiger partial charge in [0.05, 0.1) is 6.04 Å². The second-order valence-corrected chi connectivity index (χ2v) is 8.29. The number of thiazole rings is 1. The first-order chi connectivity index (χ1) is 9.83. The standard InChI is InChI=1S/C12H14N2O4S3/c1-3-8-4-5-10(20-8)21(17,18)14-7(2)11-13-9(6-19-11)12(15)16/h4-7,14H,3H2,1-2H3,(H,15,16). The molecular weight excluding hydrogens is 332 g/mol. The lowest BCUT2D eigenvalue weighted by atomic mass is 10.4. The van der Waals surface area contributed by atoms with Gasteiger partial charge in [-0.25, -0.2) is 22.9 Å². The molecule has 0 aromatic carbocycles. The van der Waals surface area contributed by atoms with Gasteiger partial charge in [-0.15, -0.1) is 22.7 Å². The topological polar surface area (TPSA) is 96.4 Å². The molecule has 0 radical (unpaired) electrons. The first-order valence-corrected chi connectivity index (χ1v) is 9.31. The van der Waals surface area contributed by atoms with Gasteiger partial charge in [-0.2, -0.15) is 0 Å². The van der Waals surface area contributed by atoms with Crippen molar-refractivity contribution < 1.29 is 18.3 Å². The smallest absolute Gasteiger partial charge is 0.355 e. The lowest BCUT2D eigenvalue weighted by Crippen LogP contribution is -2.26. The van der Waals surface area contributed by atoms with Crippen molar-refractivity contribution >= 4 is 38.7 Å². The molecule has 0 saturated carbocycles. The molecular formula is C12H14N2O4S3. The Hall–Kier alpha value is -1.29. The Morgan fingerprint density at radius 3 is 2.71 bits per heavy atom. The molecule has 0 spiro atoms. The lowest BCUT2D eigenvalue weighted by Gasteiger charge is -2.10. The molecule has 0 fully saturated rings. The van der Waals surface area contributed by atoms with E-state index in [9.17, 15) is 13.2 Å². The number of aryl methyl sites for hydroxylation is 1. The molecule has 0 aliphatic heterocycles. The van der Waals surface area contributed by atoms with Gasteiger partial charge in [0.25, 0.3) is 10.0 Å². The molecule has 0 aliphatic carbocycles. The number of nitrogens with zero attached hydrogens (tertiary/aromatic N) is 1. The van der Waals surface area contributed by atoms with Crippen LogP contribution in [0.1, 0.15) is 40.3 Å².